The Labute approximate surface area is 56.1 Å². The van der Waals surface area contributed by atoms with E-state index in [0.29, 0.717) is 0 Å². The summed E-state index contributed by atoms with van der Waals surface area (Å²) < 4.78 is 12.4. The first-order chi connectivity index (χ1) is 4.72. The number of nitrogens with zero attached hydrogens (tertiary/aromatic N) is 2. The third-order valence-electron chi connectivity index (χ3n) is 0.964. The van der Waals surface area contributed by atoms with E-state index in [1.54, 1.807) is 0 Å². The molecule has 0 radical (unpaired) electrons. The first kappa shape index (κ1) is 6.91. The molecule has 0 aromatic carbocycles. The molecule has 0 unspecified atom stereocenters. The summed E-state index contributed by atoms with van der Waals surface area (Å²) in [5.74, 6) is -0.736. The van der Waals surface area contributed by atoms with Crippen molar-refractivity contribution in [1.82, 2.24) is 4.98 Å². The highest BCUT2D eigenvalue weighted by atomic mass is 19.1. The fourth-order valence-corrected chi connectivity index (χ4v) is 0.516. The van der Waals surface area contributed by atoms with Gasteiger partial charge in [0.05, 0.1) is 6.20 Å². The zero-order chi connectivity index (χ0) is 7.56. The van der Waals surface area contributed by atoms with Crippen LogP contribution in [0.1, 0.15) is 0 Å². The molecule has 1 aromatic heterocycles. The third kappa shape index (κ3) is 1.20. The summed E-state index contributed by atoms with van der Waals surface area (Å²) in [6, 6.07) is 1.02. The Balaban J connectivity index is 3.03. The number of hydrogen-bond acceptors (Lipinski definition) is 4. The molecule has 0 saturated carbocycles. The van der Waals surface area contributed by atoms with Crippen molar-refractivity contribution in [1.29, 1.82) is 0 Å². The van der Waals surface area contributed by atoms with Crippen molar-refractivity contribution in [2.75, 3.05) is 5.23 Å². The molecule has 2 N–H and O–H groups in total. The maximum Gasteiger partial charge on any atom is 0.154 e. The largest absolute Gasteiger partial charge is 0.264 e. The second-order valence-electron chi connectivity index (χ2n) is 1.62. The second kappa shape index (κ2) is 2.59. The van der Waals surface area contributed by atoms with Gasteiger partial charge in [-0.15, -0.1) is 5.23 Å². The number of aromatic nitrogens is 1. The Kier molecular flexibility index (Phi) is 1.79. The fraction of sp³-hybridized carbons (Fsp3) is 0. The smallest absolute Gasteiger partial charge is 0.154 e. The topological polar surface area (TPSA) is 56.6 Å². The molecule has 0 atom stereocenters. The monoisotopic (exact) mass is 144 g/mol. The summed E-state index contributed by atoms with van der Waals surface area (Å²) in [7, 11) is 0. The molecule has 10 heavy (non-hydrogen) atoms. The van der Waals surface area contributed by atoms with E-state index < -0.39 is 5.82 Å². The van der Waals surface area contributed by atoms with Crippen LogP contribution in [0, 0.1) is 5.82 Å². The minimum Gasteiger partial charge on any atom is -0.264 e. The van der Waals surface area contributed by atoms with Crippen LogP contribution in [-0.2, 0) is 0 Å². The van der Waals surface area contributed by atoms with Crippen LogP contribution in [0.15, 0.2) is 18.5 Å². The van der Waals surface area contributed by atoms with Crippen LogP contribution in [0.25, 0.3) is 0 Å². The van der Waals surface area contributed by atoms with Gasteiger partial charge in [0.1, 0.15) is 5.69 Å². The molecule has 5 heteroatoms. The summed E-state index contributed by atoms with van der Waals surface area (Å²) in [6.07, 6.45) is 2.21. The molecule has 1 aromatic rings. The molecular weight excluding hydrogens is 139 g/mol. The summed E-state index contributed by atoms with van der Waals surface area (Å²) in [5, 5.41) is 16.3. The molecule has 0 aliphatic heterocycles. The van der Waals surface area contributed by atoms with Crippen molar-refractivity contribution in [3.05, 3.63) is 24.3 Å². The third-order valence-corrected chi connectivity index (χ3v) is 0.964. The van der Waals surface area contributed by atoms with Crippen LogP contribution in [-0.4, -0.2) is 15.4 Å². The number of halogens is 1. The Morgan fingerprint density at radius 1 is 1.50 bits per heavy atom. The van der Waals surface area contributed by atoms with E-state index in [1.807, 2.05) is 0 Å². The van der Waals surface area contributed by atoms with Gasteiger partial charge < -0.3 is 0 Å². The highest BCUT2D eigenvalue weighted by Gasteiger charge is 2.04. The van der Waals surface area contributed by atoms with Gasteiger partial charge in [0, 0.05) is 6.20 Å². The standard InChI is InChI=1S/C5H5FN2O2/c6-4-1-2-7-3-5(4)8(9)10/h1-3,9-10H. The average molecular weight is 144 g/mol. The molecular formula is C5H5FN2O2. The van der Waals surface area contributed by atoms with E-state index in [-0.39, 0.29) is 10.9 Å². The highest BCUT2D eigenvalue weighted by molar-refractivity contribution is 5.38. The quantitative estimate of drug-likeness (QED) is 0.572. The molecule has 4 nitrogen and oxygen atoms in total. The molecule has 54 valence electrons. The van der Waals surface area contributed by atoms with Crippen molar-refractivity contribution >= 4 is 5.69 Å². The van der Waals surface area contributed by atoms with Crippen LogP contribution in [0.4, 0.5) is 10.1 Å². The molecule has 0 fully saturated rings. The van der Waals surface area contributed by atoms with Crippen molar-refractivity contribution in [2.24, 2.45) is 0 Å². The predicted octanol–water partition coefficient (Wildman–Crippen LogP) is 0.806. The van der Waals surface area contributed by atoms with Crippen molar-refractivity contribution in [2.45, 2.75) is 0 Å². The molecule has 0 saturated heterocycles. The van der Waals surface area contributed by atoms with Gasteiger partial charge in [0.15, 0.2) is 5.82 Å². The molecule has 0 spiro atoms. The van der Waals surface area contributed by atoms with Gasteiger partial charge in [-0.2, -0.15) is 0 Å². The first-order valence-corrected chi connectivity index (χ1v) is 2.49. The molecule has 0 bridgehead atoms. The number of rotatable bonds is 1. The van der Waals surface area contributed by atoms with Crippen LogP contribution >= 0.6 is 0 Å². The minimum atomic E-state index is -0.736. The lowest BCUT2D eigenvalue weighted by Crippen LogP contribution is -2.12. The van der Waals surface area contributed by atoms with E-state index in [0.717, 1.165) is 12.3 Å². The first-order valence-electron chi connectivity index (χ1n) is 2.49. The Morgan fingerprint density at radius 3 is 2.60 bits per heavy atom. The second-order valence-corrected chi connectivity index (χ2v) is 1.62. The molecule has 0 aliphatic carbocycles. The molecule has 0 aliphatic rings. The van der Waals surface area contributed by atoms with Crippen molar-refractivity contribution in [3.8, 4) is 0 Å². The van der Waals surface area contributed by atoms with Gasteiger partial charge >= 0.3 is 0 Å². The Morgan fingerprint density at radius 2 is 2.20 bits per heavy atom. The predicted molar refractivity (Wildman–Crippen MR) is 30.2 cm³/mol. The van der Waals surface area contributed by atoms with Crippen LogP contribution in [0.5, 0.6) is 0 Å². The van der Waals surface area contributed by atoms with Crippen LogP contribution in [0.2, 0.25) is 0 Å². The SMILES string of the molecule is ON(O)c1cnccc1F. The maximum absolute atomic E-state index is 12.4. The summed E-state index contributed by atoms with van der Waals surface area (Å²) in [4.78, 5) is 3.47. The lowest BCUT2D eigenvalue weighted by Gasteiger charge is -2.06. The maximum atomic E-state index is 12.4. The molecule has 1 heterocycles. The van der Waals surface area contributed by atoms with Crippen LogP contribution < -0.4 is 5.23 Å². The zero-order valence-electron chi connectivity index (χ0n) is 4.90. The Bertz CT molecular complexity index is 229. The number of hydrogen-bond donors (Lipinski definition) is 2. The summed E-state index contributed by atoms with van der Waals surface area (Å²) in [5.41, 5.74) is -0.373. The number of pyridine rings is 1. The van der Waals surface area contributed by atoms with Crippen molar-refractivity contribution in [3.63, 3.8) is 0 Å². The van der Waals surface area contributed by atoms with Gasteiger partial charge in [-0.05, 0) is 6.07 Å². The lowest BCUT2D eigenvalue weighted by atomic mass is 10.4. The lowest BCUT2D eigenvalue weighted by molar-refractivity contribution is 0.0271. The van der Waals surface area contributed by atoms with E-state index in [4.69, 9.17) is 10.4 Å². The van der Waals surface area contributed by atoms with Gasteiger partial charge in [-0.1, -0.05) is 0 Å². The van der Waals surface area contributed by atoms with Gasteiger partial charge in [-0.3, -0.25) is 15.4 Å². The molecule has 1 rings (SSSR count). The minimum absolute atomic E-state index is 0.317. The zero-order valence-corrected chi connectivity index (χ0v) is 4.90. The van der Waals surface area contributed by atoms with Crippen LogP contribution in [0.3, 0.4) is 0 Å². The Hall–Kier alpha value is -1.20. The normalized spacial score (nSPS) is 9.50. The van der Waals surface area contributed by atoms with Gasteiger partial charge in [0.2, 0.25) is 0 Å². The van der Waals surface area contributed by atoms with Crippen molar-refractivity contribution < 1.29 is 14.8 Å². The van der Waals surface area contributed by atoms with E-state index in [9.17, 15) is 4.39 Å². The fourth-order valence-electron chi connectivity index (χ4n) is 0.516. The average Bonchev–Trinajstić information content (AvgIpc) is 1.88. The van der Waals surface area contributed by atoms with Gasteiger partial charge in [0.25, 0.3) is 0 Å². The highest BCUT2D eigenvalue weighted by Crippen LogP contribution is 2.12. The molecule has 0 amide bonds. The van der Waals surface area contributed by atoms with E-state index in [1.165, 1.54) is 6.20 Å². The van der Waals surface area contributed by atoms with Gasteiger partial charge in [-0.25, -0.2) is 4.39 Å². The van der Waals surface area contributed by atoms with E-state index in [2.05, 4.69) is 4.98 Å². The number of anilines is 1. The summed E-state index contributed by atoms with van der Waals surface area (Å²) in [6.45, 7) is 0. The van der Waals surface area contributed by atoms with E-state index >= 15 is 0 Å². The summed E-state index contributed by atoms with van der Waals surface area (Å²) >= 11 is 0.